The SMILES string of the molecule is CCn1ncc2c(NC3CCOCC3)c(C(N)=O)c(CC3CC3)nc21. The first-order chi connectivity index (χ1) is 12.2. The monoisotopic (exact) mass is 343 g/mol. The maximum Gasteiger partial charge on any atom is 0.252 e. The van der Waals surface area contributed by atoms with Crippen molar-refractivity contribution in [1.82, 2.24) is 14.8 Å². The number of aromatic nitrogens is 3. The number of nitrogens with zero attached hydrogens (tertiary/aromatic N) is 3. The van der Waals surface area contributed by atoms with Crippen LogP contribution in [0.3, 0.4) is 0 Å². The number of nitrogens with two attached hydrogens (primary N) is 1. The van der Waals surface area contributed by atoms with Gasteiger partial charge in [-0.05, 0) is 44.9 Å². The molecule has 25 heavy (non-hydrogen) atoms. The number of anilines is 1. The summed E-state index contributed by atoms with van der Waals surface area (Å²) in [6, 6.07) is 0.274. The molecule has 7 heteroatoms. The van der Waals surface area contributed by atoms with Crippen LogP contribution in [0.2, 0.25) is 0 Å². The second kappa shape index (κ2) is 6.63. The minimum atomic E-state index is -0.413. The van der Waals surface area contributed by atoms with E-state index in [9.17, 15) is 4.79 Å². The van der Waals surface area contributed by atoms with Crippen LogP contribution < -0.4 is 11.1 Å². The molecular formula is C18H25N5O2. The average molecular weight is 343 g/mol. The fourth-order valence-corrected chi connectivity index (χ4v) is 3.57. The second-order valence-electron chi connectivity index (χ2n) is 7.05. The smallest absolute Gasteiger partial charge is 0.252 e. The zero-order valence-corrected chi connectivity index (χ0v) is 14.6. The predicted octanol–water partition coefficient (Wildman–Crippen LogP) is 2.09. The first-order valence-electron chi connectivity index (χ1n) is 9.19. The van der Waals surface area contributed by atoms with Crippen molar-refractivity contribution in [1.29, 1.82) is 0 Å². The zero-order chi connectivity index (χ0) is 17.4. The van der Waals surface area contributed by atoms with Gasteiger partial charge in [0.2, 0.25) is 0 Å². The second-order valence-corrected chi connectivity index (χ2v) is 7.05. The average Bonchev–Trinajstić information content (AvgIpc) is 3.32. The number of nitrogens with one attached hydrogen (secondary N) is 1. The molecule has 2 aromatic heterocycles. The normalized spacial score (nSPS) is 18.6. The van der Waals surface area contributed by atoms with Crippen LogP contribution in [0.15, 0.2) is 6.20 Å². The lowest BCUT2D eigenvalue weighted by atomic mass is 10.0. The molecule has 3 N–H and O–H groups in total. The molecule has 3 heterocycles. The molecule has 0 aromatic carbocycles. The third-order valence-electron chi connectivity index (χ3n) is 5.16. The van der Waals surface area contributed by atoms with E-state index in [0.717, 1.165) is 61.4 Å². The van der Waals surface area contributed by atoms with Crippen LogP contribution in [0.1, 0.15) is 48.7 Å². The van der Waals surface area contributed by atoms with E-state index in [4.69, 9.17) is 15.5 Å². The number of hydrogen-bond donors (Lipinski definition) is 2. The lowest BCUT2D eigenvalue weighted by molar-refractivity contribution is 0.0904. The standard InChI is InChI=1S/C18H25N5O2/c1-2-23-18-13(10-20-23)16(21-12-5-7-25-8-6-12)15(17(19)24)14(22-18)9-11-3-4-11/h10-12H,2-9H2,1H3,(H2,19,24)(H,21,22). The van der Waals surface area contributed by atoms with E-state index in [2.05, 4.69) is 10.4 Å². The fourth-order valence-electron chi connectivity index (χ4n) is 3.57. The van der Waals surface area contributed by atoms with Crippen molar-refractivity contribution in [3.63, 3.8) is 0 Å². The maximum atomic E-state index is 12.3. The van der Waals surface area contributed by atoms with Gasteiger partial charge >= 0.3 is 0 Å². The van der Waals surface area contributed by atoms with Crippen molar-refractivity contribution < 1.29 is 9.53 Å². The van der Waals surface area contributed by atoms with E-state index >= 15 is 0 Å². The molecule has 0 spiro atoms. The number of rotatable bonds is 6. The van der Waals surface area contributed by atoms with E-state index in [0.29, 0.717) is 11.5 Å². The number of amides is 1. The first-order valence-corrected chi connectivity index (χ1v) is 9.19. The Kier molecular flexibility index (Phi) is 4.33. The van der Waals surface area contributed by atoms with Crippen LogP contribution in [-0.4, -0.2) is 39.9 Å². The van der Waals surface area contributed by atoms with Gasteiger partial charge in [-0.2, -0.15) is 5.10 Å². The van der Waals surface area contributed by atoms with E-state index < -0.39 is 5.91 Å². The molecule has 2 aliphatic rings. The molecule has 134 valence electrons. The summed E-state index contributed by atoms with van der Waals surface area (Å²) in [5.74, 6) is 0.209. The van der Waals surface area contributed by atoms with Crippen LogP contribution in [0.25, 0.3) is 11.0 Å². The van der Waals surface area contributed by atoms with Gasteiger partial charge in [0.1, 0.15) is 0 Å². The largest absolute Gasteiger partial charge is 0.381 e. The number of ether oxygens (including phenoxy) is 1. The van der Waals surface area contributed by atoms with Crippen LogP contribution >= 0.6 is 0 Å². The number of fused-ring (bicyclic) bond motifs is 1. The highest BCUT2D eigenvalue weighted by Gasteiger charge is 2.29. The molecule has 4 rings (SSSR count). The maximum absolute atomic E-state index is 12.3. The van der Waals surface area contributed by atoms with Gasteiger partial charge in [0, 0.05) is 25.8 Å². The summed E-state index contributed by atoms with van der Waals surface area (Å²) in [5, 5.41) is 8.89. The molecular weight excluding hydrogens is 318 g/mol. The van der Waals surface area contributed by atoms with Crippen molar-refractivity contribution in [2.75, 3.05) is 18.5 Å². The highest BCUT2D eigenvalue weighted by atomic mass is 16.5. The van der Waals surface area contributed by atoms with Gasteiger partial charge in [0.05, 0.1) is 28.5 Å². The molecule has 2 aromatic rings. The summed E-state index contributed by atoms with van der Waals surface area (Å²) >= 11 is 0. The molecule has 1 aliphatic heterocycles. The number of aryl methyl sites for hydroxylation is 1. The Morgan fingerprint density at radius 3 is 2.76 bits per heavy atom. The van der Waals surface area contributed by atoms with Crippen LogP contribution in [-0.2, 0) is 17.7 Å². The number of primary amides is 1. The van der Waals surface area contributed by atoms with Crippen molar-refractivity contribution in [2.24, 2.45) is 11.7 Å². The minimum Gasteiger partial charge on any atom is -0.381 e. The Morgan fingerprint density at radius 1 is 1.36 bits per heavy atom. The third-order valence-corrected chi connectivity index (χ3v) is 5.16. The molecule has 1 saturated carbocycles. The molecule has 0 atom stereocenters. The first kappa shape index (κ1) is 16.3. The fraction of sp³-hybridized carbons (Fsp3) is 0.611. The van der Waals surface area contributed by atoms with Crippen molar-refractivity contribution in [3.05, 3.63) is 17.5 Å². The molecule has 0 unspecified atom stereocenters. The van der Waals surface area contributed by atoms with Crippen LogP contribution in [0.4, 0.5) is 5.69 Å². The molecule has 1 amide bonds. The van der Waals surface area contributed by atoms with Crippen molar-refractivity contribution in [3.8, 4) is 0 Å². The molecule has 2 fully saturated rings. The van der Waals surface area contributed by atoms with E-state index in [1.807, 2.05) is 11.6 Å². The van der Waals surface area contributed by atoms with Gasteiger partial charge in [-0.15, -0.1) is 0 Å². The number of pyridine rings is 1. The summed E-state index contributed by atoms with van der Waals surface area (Å²) in [4.78, 5) is 17.1. The van der Waals surface area contributed by atoms with E-state index in [1.54, 1.807) is 6.20 Å². The van der Waals surface area contributed by atoms with E-state index in [1.165, 1.54) is 12.8 Å². The summed E-state index contributed by atoms with van der Waals surface area (Å²) in [6.45, 7) is 4.26. The minimum absolute atomic E-state index is 0.274. The van der Waals surface area contributed by atoms with Gasteiger partial charge in [-0.25, -0.2) is 9.67 Å². The quantitative estimate of drug-likeness (QED) is 0.837. The summed E-state index contributed by atoms with van der Waals surface area (Å²) in [5.41, 5.74) is 8.77. The van der Waals surface area contributed by atoms with Gasteiger partial charge in [-0.3, -0.25) is 4.79 Å². The summed E-state index contributed by atoms with van der Waals surface area (Å²) < 4.78 is 7.33. The van der Waals surface area contributed by atoms with Crippen LogP contribution in [0, 0.1) is 5.92 Å². The topological polar surface area (TPSA) is 95.1 Å². The summed E-state index contributed by atoms with van der Waals surface area (Å²) in [7, 11) is 0. The van der Waals surface area contributed by atoms with Gasteiger partial charge in [0.25, 0.3) is 5.91 Å². The molecule has 1 saturated heterocycles. The van der Waals surface area contributed by atoms with Crippen molar-refractivity contribution in [2.45, 2.75) is 51.6 Å². The molecule has 0 bridgehead atoms. The highest BCUT2D eigenvalue weighted by Crippen LogP contribution is 2.36. The highest BCUT2D eigenvalue weighted by molar-refractivity contribution is 6.07. The lowest BCUT2D eigenvalue weighted by Gasteiger charge is -2.26. The lowest BCUT2D eigenvalue weighted by Crippen LogP contribution is -2.30. The molecule has 7 nitrogen and oxygen atoms in total. The Labute approximate surface area is 146 Å². The summed E-state index contributed by atoms with van der Waals surface area (Å²) in [6.07, 6.45) is 6.84. The van der Waals surface area contributed by atoms with Gasteiger partial charge in [0.15, 0.2) is 5.65 Å². The van der Waals surface area contributed by atoms with E-state index in [-0.39, 0.29) is 6.04 Å². The number of carbonyl (C=O) groups is 1. The third kappa shape index (κ3) is 3.20. The van der Waals surface area contributed by atoms with Gasteiger partial charge in [-0.1, -0.05) is 0 Å². The Hall–Kier alpha value is -2.15. The van der Waals surface area contributed by atoms with Gasteiger partial charge < -0.3 is 15.8 Å². The van der Waals surface area contributed by atoms with Crippen molar-refractivity contribution >= 4 is 22.6 Å². The van der Waals surface area contributed by atoms with Crippen LogP contribution in [0.5, 0.6) is 0 Å². The predicted molar refractivity (Wildman–Crippen MR) is 95.6 cm³/mol. The Bertz CT molecular complexity index is 790. The number of carbonyl (C=O) groups excluding carboxylic acids is 1. The molecule has 1 aliphatic carbocycles. The zero-order valence-electron chi connectivity index (χ0n) is 14.6. The number of hydrogen-bond acceptors (Lipinski definition) is 5. The Balaban J connectivity index is 1.83. The molecule has 0 radical (unpaired) electrons. The Morgan fingerprint density at radius 2 is 2.12 bits per heavy atom.